The molecule has 6 nitrogen and oxygen atoms in total. The molecule has 0 aromatic carbocycles. The Morgan fingerprint density at radius 3 is 2.75 bits per heavy atom. The first kappa shape index (κ1) is 14.0. The van der Waals surface area contributed by atoms with Crippen LogP contribution in [-0.2, 0) is 13.0 Å². The second-order valence-corrected chi connectivity index (χ2v) is 6.21. The van der Waals surface area contributed by atoms with Gasteiger partial charge in [0.15, 0.2) is 0 Å². The molecule has 0 unspecified atom stereocenters. The van der Waals surface area contributed by atoms with E-state index in [9.17, 15) is 10.2 Å². The average molecular weight is 280 g/mol. The van der Waals surface area contributed by atoms with E-state index < -0.39 is 12.2 Å². The summed E-state index contributed by atoms with van der Waals surface area (Å²) >= 11 is 0. The Morgan fingerprint density at radius 2 is 2.05 bits per heavy atom. The van der Waals surface area contributed by atoms with Crippen molar-refractivity contribution in [3.05, 3.63) is 11.9 Å². The standard InChI is InChI=1S/C14H24N4O2/c19-13-7-15-12(14(13)20)9-18-8-11(16-17-18)6-10-4-2-1-3-5-10/h8,10,12-15,19-20H,1-7,9H2/t12-,13+,14-/m0/s1. The van der Waals surface area contributed by atoms with Gasteiger partial charge < -0.3 is 15.5 Å². The fraction of sp³-hybridized carbons (Fsp3) is 0.857. The molecule has 1 saturated carbocycles. The molecule has 2 fully saturated rings. The highest BCUT2D eigenvalue weighted by Crippen LogP contribution is 2.26. The molecule has 3 rings (SSSR count). The van der Waals surface area contributed by atoms with Crippen LogP contribution in [0.2, 0.25) is 0 Å². The Balaban J connectivity index is 1.54. The Morgan fingerprint density at radius 1 is 1.25 bits per heavy atom. The Labute approximate surface area is 119 Å². The van der Waals surface area contributed by atoms with Crippen LogP contribution < -0.4 is 5.32 Å². The molecule has 0 radical (unpaired) electrons. The molecular weight excluding hydrogens is 256 g/mol. The molecule has 1 aromatic rings. The number of nitrogens with one attached hydrogen (secondary N) is 1. The monoisotopic (exact) mass is 280 g/mol. The van der Waals surface area contributed by atoms with Gasteiger partial charge in [-0.25, -0.2) is 0 Å². The van der Waals surface area contributed by atoms with Crippen molar-refractivity contribution < 1.29 is 10.2 Å². The zero-order valence-corrected chi connectivity index (χ0v) is 11.8. The van der Waals surface area contributed by atoms with Crippen LogP contribution >= 0.6 is 0 Å². The van der Waals surface area contributed by atoms with Crippen LogP contribution in [0.25, 0.3) is 0 Å². The van der Waals surface area contributed by atoms with Crippen LogP contribution in [0, 0.1) is 5.92 Å². The van der Waals surface area contributed by atoms with E-state index in [4.69, 9.17) is 0 Å². The third-order valence-electron chi connectivity index (χ3n) is 4.59. The molecule has 112 valence electrons. The third kappa shape index (κ3) is 3.19. The lowest BCUT2D eigenvalue weighted by atomic mass is 9.86. The summed E-state index contributed by atoms with van der Waals surface area (Å²) in [4.78, 5) is 0. The van der Waals surface area contributed by atoms with Gasteiger partial charge >= 0.3 is 0 Å². The molecule has 0 spiro atoms. The number of aliphatic hydroxyl groups is 2. The number of β-amino-alcohol motifs (C(OH)–C–C–N with tert-alkyl or cyclic N) is 1. The fourth-order valence-electron chi connectivity index (χ4n) is 3.36. The molecule has 2 heterocycles. The van der Waals surface area contributed by atoms with E-state index in [1.54, 1.807) is 4.68 Å². The molecular formula is C14H24N4O2. The molecule has 0 bridgehead atoms. The average Bonchev–Trinajstić information content (AvgIpc) is 3.02. The number of rotatable bonds is 4. The maximum Gasteiger partial charge on any atom is 0.0982 e. The van der Waals surface area contributed by atoms with Gasteiger partial charge in [-0.2, -0.15) is 0 Å². The van der Waals surface area contributed by atoms with Gasteiger partial charge in [0, 0.05) is 12.7 Å². The first-order valence-electron chi connectivity index (χ1n) is 7.71. The summed E-state index contributed by atoms with van der Waals surface area (Å²) in [5, 5.41) is 30.8. The molecule has 2 aliphatic rings. The SMILES string of the molecule is O[C@@H]1[C@H](O)CN[C@H]1Cn1cc(CC2CCCCC2)nn1. The van der Waals surface area contributed by atoms with E-state index in [1.165, 1.54) is 32.1 Å². The van der Waals surface area contributed by atoms with Gasteiger partial charge in [-0.05, 0) is 12.3 Å². The normalized spacial score (nSPS) is 31.8. The molecule has 3 atom stereocenters. The first-order valence-corrected chi connectivity index (χ1v) is 7.71. The number of nitrogens with zero attached hydrogens (tertiary/aromatic N) is 3. The smallest absolute Gasteiger partial charge is 0.0982 e. The van der Waals surface area contributed by atoms with Crippen molar-refractivity contribution in [3.63, 3.8) is 0 Å². The van der Waals surface area contributed by atoms with Gasteiger partial charge in [-0.15, -0.1) is 5.10 Å². The first-order chi connectivity index (χ1) is 9.72. The van der Waals surface area contributed by atoms with Gasteiger partial charge in [-0.1, -0.05) is 37.3 Å². The van der Waals surface area contributed by atoms with E-state index in [2.05, 4.69) is 15.6 Å². The molecule has 1 aromatic heterocycles. The van der Waals surface area contributed by atoms with Crippen molar-refractivity contribution >= 4 is 0 Å². The molecule has 20 heavy (non-hydrogen) atoms. The highest BCUT2D eigenvalue weighted by molar-refractivity contribution is 4.97. The van der Waals surface area contributed by atoms with E-state index in [0.717, 1.165) is 18.0 Å². The van der Waals surface area contributed by atoms with Crippen molar-refractivity contribution in [2.75, 3.05) is 6.54 Å². The zero-order chi connectivity index (χ0) is 13.9. The molecule has 3 N–H and O–H groups in total. The van der Waals surface area contributed by atoms with Crippen LogP contribution in [0.5, 0.6) is 0 Å². The largest absolute Gasteiger partial charge is 0.389 e. The molecule has 0 amide bonds. The maximum absolute atomic E-state index is 9.81. The van der Waals surface area contributed by atoms with Crippen LogP contribution in [0.4, 0.5) is 0 Å². The van der Waals surface area contributed by atoms with E-state index in [1.807, 2.05) is 6.20 Å². The quantitative estimate of drug-likeness (QED) is 0.728. The van der Waals surface area contributed by atoms with Crippen molar-refractivity contribution in [1.82, 2.24) is 20.3 Å². The highest BCUT2D eigenvalue weighted by Gasteiger charge is 2.33. The summed E-state index contributed by atoms with van der Waals surface area (Å²) in [7, 11) is 0. The molecule has 1 aliphatic heterocycles. The number of hydrogen-bond acceptors (Lipinski definition) is 5. The molecule has 1 aliphatic carbocycles. The number of hydrogen-bond donors (Lipinski definition) is 3. The minimum absolute atomic E-state index is 0.144. The summed E-state index contributed by atoms with van der Waals surface area (Å²) in [6.07, 6.45) is 8.27. The van der Waals surface area contributed by atoms with Crippen LogP contribution in [0.1, 0.15) is 37.8 Å². The summed E-state index contributed by atoms with van der Waals surface area (Å²) in [6.45, 7) is 0.991. The third-order valence-corrected chi connectivity index (χ3v) is 4.59. The van der Waals surface area contributed by atoms with Crippen molar-refractivity contribution in [1.29, 1.82) is 0 Å². The van der Waals surface area contributed by atoms with Gasteiger partial charge in [0.05, 0.1) is 30.5 Å². The zero-order valence-electron chi connectivity index (χ0n) is 11.8. The van der Waals surface area contributed by atoms with Crippen molar-refractivity contribution in [2.45, 2.75) is 63.3 Å². The molecule has 1 saturated heterocycles. The summed E-state index contributed by atoms with van der Waals surface area (Å²) in [5.41, 5.74) is 1.05. The molecule has 6 heteroatoms. The highest BCUT2D eigenvalue weighted by atomic mass is 16.3. The van der Waals surface area contributed by atoms with Gasteiger partial charge in [-0.3, -0.25) is 4.68 Å². The van der Waals surface area contributed by atoms with Crippen LogP contribution in [-0.4, -0.2) is 50.0 Å². The second-order valence-electron chi connectivity index (χ2n) is 6.21. The van der Waals surface area contributed by atoms with Crippen molar-refractivity contribution in [2.24, 2.45) is 5.92 Å². The Kier molecular flexibility index (Phi) is 4.33. The van der Waals surface area contributed by atoms with E-state index in [0.29, 0.717) is 13.1 Å². The Bertz CT molecular complexity index is 431. The Hall–Kier alpha value is -0.980. The lowest BCUT2D eigenvalue weighted by Gasteiger charge is -2.20. The lowest BCUT2D eigenvalue weighted by molar-refractivity contribution is 0.0372. The predicted molar refractivity (Wildman–Crippen MR) is 74.1 cm³/mol. The number of aliphatic hydroxyl groups excluding tert-OH is 2. The van der Waals surface area contributed by atoms with Gasteiger partial charge in [0.2, 0.25) is 0 Å². The van der Waals surface area contributed by atoms with Crippen LogP contribution in [0.15, 0.2) is 6.20 Å². The van der Waals surface area contributed by atoms with E-state index in [-0.39, 0.29) is 6.04 Å². The van der Waals surface area contributed by atoms with Crippen LogP contribution in [0.3, 0.4) is 0 Å². The summed E-state index contributed by atoms with van der Waals surface area (Å²) in [5.74, 6) is 0.755. The second kappa shape index (κ2) is 6.20. The lowest BCUT2D eigenvalue weighted by Crippen LogP contribution is -2.36. The number of aromatic nitrogens is 3. The minimum Gasteiger partial charge on any atom is -0.389 e. The topological polar surface area (TPSA) is 83.2 Å². The predicted octanol–water partition coefficient (Wildman–Crippen LogP) is 0.0945. The summed E-state index contributed by atoms with van der Waals surface area (Å²) in [6, 6.07) is -0.144. The van der Waals surface area contributed by atoms with Gasteiger partial charge in [0.1, 0.15) is 0 Å². The maximum atomic E-state index is 9.81. The van der Waals surface area contributed by atoms with Gasteiger partial charge in [0.25, 0.3) is 0 Å². The van der Waals surface area contributed by atoms with E-state index >= 15 is 0 Å². The van der Waals surface area contributed by atoms with Crippen molar-refractivity contribution in [3.8, 4) is 0 Å². The fourth-order valence-corrected chi connectivity index (χ4v) is 3.36. The summed E-state index contributed by atoms with van der Waals surface area (Å²) < 4.78 is 1.77. The minimum atomic E-state index is -0.721.